The smallest absolute Gasteiger partial charge is 0.264 e. The van der Waals surface area contributed by atoms with E-state index in [-0.39, 0.29) is 9.79 Å². The summed E-state index contributed by atoms with van der Waals surface area (Å²) in [7, 11) is -3.25. The van der Waals surface area contributed by atoms with Crippen molar-refractivity contribution in [2.24, 2.45) is 0 Å². The van der Waals surface area contributed by atoms with Gasteiger partial charge in [0.1, 0.15) is 12.3 Å². The number of benzene rings is 3. The molecule has 0 aliphatic carbocycles. The maximum Gasteiger partial charge on any atom is 0.264 e. The molecule has 9 nitrogen and oxygen atoms in total. The first-order chi connectivity index (χ1) is 17.4. The van der Waals surface area contributed by atoms with Gasteiger partial charge in [0, 0.05) is 26.3 Å². The van der Waals surface area contributed by atoms with E-state index in [4.69, 9.17) is 4.74 Å². The van der Waals surface area contributed by atoms with Crippen molar-refractivity contribution >= 4 is 37.3 Å². The molecule has 0 N–H and O–H groups in total. The summed E-state index contributed by atoms with van der Waals surface area (Å²) >= 11 is 0. The van der Waals surface area contributed by atoms with E-state index in [1.807, 2.05) is 6.92 Å². The number of anilines is 2. The van der Waals surface area contributed by atoms with Gasteiger partial charge in [-0.15, -0.1) is 0 Å². The number of hydrogen-bond donors (Lipinski definition) is 0. The number of hydrogen-bond acceptors (Lipinski definition) is 6. The van der Waals surface area contributed by atoms with Crippen molar-refractivity contribution < 1.29 is 26.4 Å². The standard InChI is InChI=1S/C26H29N3O6S2/c1-19-5-11-23(12-6-19)37(33,34)29(21-7-9-22(35-4)10-8-21)18-26(30)28-16-15-20-17-24(13-14-25(20)28)36(31,32)27(2)3/h5-14,17H,15-16,18H2,1-4H3. The van der Waals surface area contributed by atoms with Gasteiger partial charge in [0.2, 0.25) is 15.9 Å². The lowest BCUT2D eigenvalue weighted by atomic mass is 10.2. The van der Waals surface area contributed by atoms with Gasteiger partial charge in [0.05, 0.1) is 22.6 Å². The van der Waals surface area contributed by atoms with Gasteiger partial charge >= 0.3 is 0 Å². The third-order valence-electron chi connectivity index (χ3n) is 6.27. The van der Waals surface area contributed by atoms with Gasteiger partial charge in [-0.2, -0.15) is 0 Å². The van der Waals surface area contributed by atoms with E-state index in [1.165, 1.54) is 44.3 Å². The van der Waals surface area contributed by atoms with Crippen LogP contribution in [-0.2, 0) is 31.3 Å². The Morgan fingerprint density at radius 1 is 0.892 bits per heavy atom. The molecule has 3 aromatic carbocycles. The minimum atomic E-state index is -4.07. The first-order valence-corrected chi connectivity index (χ1v) is 14.4. The maximum atomic E-state index is 13.7. The first-order valence-electron chi connectivity index (χ1n) is 11.5. The molecule has 0 bridgehead atoms. The van der Waals surface area contributed by atoms with Crippen LogP contribution >= 0.6 is 0 Å². The predicted molar refractivity (Wildman–Crippen MR) is 142 cm³/mol. The molecule has 1 aliphatic rings. The highest BCUT2D eigenvalue weighted by Gasteiger charge is 2.32. The summed E-state index contributed by atoms with van der Waals surface area (Å²) in [4.78, 5) is 15.2. The first kappa shape index (κ1) is 26.6. The van der Waals surface area contributed by atoms with Gasteiger partial charge < -0.3 is 9.64 Å². The molecule has 0 unspecified atom stereocenters. The lowest BCUT2D eigenvalue weighted by Gasteiger charge is -2.27. The number of nitrogens with zero attached hydrogens (tertiary/aromatic N) is 3. The van der Waals surface area contributed by atoms with Crippen LogP contribution in [0.2, 0.25) is 0 Å². The fourth-order valence-electron chi connectivity index (χ4n) is 4.12. The van der Waals surface area contributed by atoms with Gasteiger partial charge in [-0.3, -0.25) is 9.10 Å². The molecule has 1 aliphatic heterocycles. The molecule has 0 aromatic heterocycles. The maximum absolute atomic E-state index is 13.7. The summed E-state index contributed by atoms with van der Waals surface area (Å²) in [5.74, 6) is 0.133. The van der Waals surface area contributed by atoms with E-state index in [1.54, 1.807) is 48.5 Å². The minimum absolute atomic E-state index is 0.0714. The van der Waals surface area contributed by atoms with E-state index in [0.29, 0.717) is 35.7 Å². The number of sulfonamides is 2. The molecule has 0 atom stereocenters. The van der Waals surface area contributed by atoms with Gasteiger partial charge in [0.15, 0.2) is 0 Å². The van der Waals surface area contributed by atoms with Crippen LogP contribution in [0.5, 0.6) is 5.75 Å². The monoisotopic (exact) mass is 543 g/mol. The van der Waals surface area contributed by atoms with Crippen LogP contribution in [0.15, 0.2) is 76.5 Å². The molecular weight excluding hydrogens is 514 g/mol. The van der Waals surface area contributed by atoms with Gasteiger partial charge in [-0.05, 0) is 73.5 Å². The Morgan fingerprint density at radius 3 is 2.11 bits per heavy atom. The lowest BCUT2D eigenvalue weighted by Crippen LogP contribution is -2.42. The third-order valence-corrected chi connectivity index (χ3v) is 9.87. The number of ether oxygens (including phenoxy) is 1. The summed E-state index contributed by atoms with van der Waals surface area (Å²) in [5, 5.41) is 0. The van der Waals surface area contributed by atoms with Crippen molar-refractivity contribution in [2.45, 2.75) is 23.1 Å². The SMILES string of the molecule is COc1ccc(N(CC(=O)N2CCc3cc(S(=O)(=O)N(C)C)ccc32)S(=O)(=O)c2ccc(C)cc2)cc1. The molecule has 0 saturated carbocycles. The molecule has 0 radical (unpaired) electrons. The Morgan fingerprint density at radius 2 is 1.51 bits per heavy atom. The summed E-state index contributed by atoms with van der Waals surface area (Å²) < 4.78 is 59.8. The molecular formula is C26H29N3O6S2. The Kier molecular flexibility index (Phi) is 7.31. The van der Waals surface area contributed by atoms with Gasteiger partial charge in [-0.1, -0.05) is 17.7 Å². The predicted octanol–water partition coefficient (Wildman–Crippen LogP) is 3.04. The molecule has 11 heteroatoms. The van der Waals surface area contributed by atoms with Crippen molar-refractivity contribution in [1.82, 2.24) is 4.31 Å². The normalized spacial score (nSPS) is 13.5. The fourth-order valence-corrected chi connectivity index (χ4v) is 6.48. The zero-order chi connectivity index (χ0) is 27.0. The van der Waals surface area contributed by atoms with Crippen molar-refractivity contribution in [1.29, 1.82) is 0 Å². The molecule has 0 fully saturated rings. The highest BCUT2D eigenvalue weighted by atomic mass is 32.2. The Balaban J connectivity index is 1.68. The highest BCUT2D eigenvalue weighted by molar-refractivity contribution is 7.92. The largest absolute Gasteiger partial charge is 0.497 e. The Labute approximate surface area is 218 Å². The van der Waals surface area contributed by atoms with Crippen LogP contribution in [0.25, 0.3) is 0 Å². The highest BCUT2D eigenvalue weighted by Crippen LogP contribution is 2.32. The quantitative estimate of drug-likeness (QED) is 0.433. The molecule has 196 valence electrons. The number of amides is 1. The average Bonchev–Trinajstić information content (AvgIpc) is 3.31. The van der Waals surface area contributed by atoms with E-state index >= 15 is 0 Å². The van der Waals surface area contributed by atoms with Crippen molar-refractivity contribution in [3.05, 3.63) is 77.9 Å². The van der Waals surface area contributed by atoms with E-state index in [0.717, 1.165) is 14.2 Å². The summed E-state index contributed by atoms with van der Waals surface area (Å²) in [5.41, 5.74) is 2.52. The van der Waals surface area contributed by atoms with Crippen LogP contribution in [0.3, 0.4) is 0 Å². The van der Waals surface area contributed by atoms with Crippen LogP contribution < -0.4 is 13.9 Å². The Bertz CT molecular complexity index is 1520. The zero-order valence-corrected chi connectivity index (χ0v) is 22.7. The van der Waals surface area contributed by atoms with E-state index < -0.39 is 32.5 Å². The van der Waals surface area contributed by atoms with Crippen molar-refractivity contribution in [3.8, 4) is 5.75 Å². The second kappa shape index (κ2) is 10.2. The van der Waals surface area contributed by atoms with Crippen LogP contribution in [0.1, 0.15) is 11.1 Å². The number of rotatable bonds is 8. The lowest BCUT2D eigenvalue weighted by molar-refractivity contribution is -0.117. The van der Waals surface area contributed by atoms with E-state index in [9.17, 15) is 21.6 Å². The molecule has 37 heavy (non-hydrogen) atoms. The number of fused-ring (bicyclic) bond motifs is 1. The molecule has 1 heterocycles. The Hall–Kier alpha value is -3.41. The second-order valence-corrected chi connectivity index (χ2v) is 12.9. The molecule has 0 spiro atoms. The topological polar surface area (TPSA) is 104 Å². The van der Waals surface area contributed by atoms with E-state index in [2.05, 4.69) is 0 Å². The van der Waals surface area contributed by atoms with Crippen LogP contribution in [-0.4, -0.2) is 61.3 Å². The summed E-state index contributed by atoms with van der Waals surface area (Å²) in [6.07, 6.45) is 0.463. The third kappa shape index (κ3) is 5.20. The molecule has 3 aromatic rings. The number of carbonyl (C=O) groups excluding carboxylic acids is 1. The fraction of sp³-hybridized carbons (Fsp3) is 0.269. The van der Waals surface area contributed by atoms with Gasteiger partial charge in [0.25, 0.3) is 10.0 Å². The second-order valence-electron chi connectivity index (χ2n) is 8.90. The zero-order valence-electron chi connectivity index (χ0n) is 21.1. The number of methoxy groups -OCH3 is 1. The number of carbonyl (C=O) groups is 1. The summed E-state index contributed by atoms with van der Waals surface area (Å²) in [6.45, 7) is 1.75. The summed E-state index contributed by atoms with van der Waals surface area (Å²) in [6, 6.07) is 17.5. The van der Waals surface area contributed by atoms with Gasteiger partial charge in [-0.25, -0.2) is 21.1 Å². The number of aryl methyl sites for hydroxylation is 1. The van der Waals surface area contributed by atoms with Crippen LogP contribution in [0.4, 0.5) is 11.4 Å². The molecule has 4 rings (SSSR count). The van der Waals surface area contributed by atoms with Crippen molar-refractivity contribution in [3.63, 3.8) is 0 Å². The van der Waals surface area contributed by atoms with Crippen molar-refractivity contribution in [2.75, 3.05) is 43.5 Å². The average molecular weight is 544 g/mol. The molecule has 1 amide bonds. The minimum Gasteiger partial charge on any atom is -0.497 e. The van der Waals surface area contributed by atoms with Crippen LogP contribution in [0, 0.1) is 6.92 Å². The molecule has 0 saturated heterocycles.